The second-order valence-electron chi connectivity index (χ2n) is 7.58. The van der Waals surface area contributed by atoms with Crippen molar-refractivity contribution in [2.24, 2.45) is 5.73 Å². The van der Waals surface area contributed by atoms with Gasteiger partial charge in [0.2, 0.25) is 0 Å². The molecule has 0 bridgehead atoms. The first-order valence-corrected chi connectivity index (χ1v) is 8.14. The monoisotopic (exact) mass is 336 g/mol. The van der Waals surface area contributed by atoms with E-state index in [1.165, 1.54) is 6.07 Å². The van der Waals surface area contributed by atoms with E-state index in [1.807, 2.05) is 33.8 Å². The summed E-state index contributed by atoms with van der Waals surface area (Å²) >= 11 is 0. The van der Waals surface area contributed by atoms with Crippen LogP contribution in [0.15, 0.2) is 18.2 Å². The maximum atomic E-state index is 14.6. The number of hydrogen-bond donors (Lipinski definition) is 3. The molecule has 3 rings (SSSR count). The Bertz CT molecular complexity index is 754. The third-order valence-corrected chi connectivity index (χ3v) is 4.65. The van der Waals surface area contributed by atoms with E-state index in [0.717, 1.165) is 11.1 Å². The van der Waals surface area contributed by atoms with Crippen LogP contribution in [0.25, 0.3) is 10.9 Å². The number of nitrogens with one attached hydrogen (secondary N) is 1. The number of fused-ring (bicyclic) bond motifs is 1. The summed E-state index contributed by atoms with van der Waals surface area (Å²) in [6.07, 6.45) is -0.390. The largest absolute Gasteiger partial charge is 0.395 e. The number of benzene rings is 1. The molecule has 1 saturated heterocycles. The number of aliphatic hydroxyl groups is 1. The van der Waals surface area contributed by atoms with Gasteiger partial charge in [-0.25, -0.2) is 4.39 Å². The average Bonchev–Trinajstić information content (AvgIpc) is 3.08. The number of aromatic nitrogens is 1. The summed E-state index contributed by atoms with van der Waals surface area (Å²) in [5, 5.41) is 10.4. The van der Waals surface area contributed by atoms with Crippen LogP contribution >= 0.6 is 0 Å². The van der Waals surface area contributed by atoms with Crippen LogP contribution in [0, 0.1) is 5.82 Å². The molecule has 2 heterocycles. The highest BCUT2D eigenvalue weighted by molar-refractivity contribution is 5.82. The van der Waals surface area contributed by atoms with Crippen LogP contribution < -0.4 is 5.73 Å². The summed E-state index contributed by atoms with van der Waals surface area (Å²) in [5.74, 6) is -1.08. The molecule has 0 unspecified atom stereocenters. The lowest BCUT2D eigenvalue weighted by atomic mass is 9.90. The molecule has 0 amide bonds. The third kappa shape index (κ3) is 3.07. The Kier molecular flexibility index (Phi) is 4.20. The van der Waals surface area contributed by atoms with Crippen molar-refractivity contribution in [3.8, 4) is 0 Å². The molecule has 1 fully saturated rings. The number of rotatable bonds is 4. The van der Waals surface area contributed by atoms with Crippen molar-refractivity contribution in [3.63, 3.8) is 0 Å². The molecular weight excluding hydrogens is 311 g/mol. The van der Waals surface area contributed by atoms with Gasteiger partial charge in [0.15, 0.2) is 5.79 Å². The highest BCUT2D eigenvalue weighted by Crippen LogP contribution is 2.33. The molecule has 0 radical (unpaired) electrons. The van der Waals surface area contributed by atoms with Crippen molar-refractivity contribution >= 4 is 10.9 Å². The van der Waals surface area contributed by atoms with E-state index >= 15 is 0 Å². The van der Waals surface area contributed by atoms with E-state index in [-0.39, 0.29) is 18.5 Å². The van der Waals surface area contributed by atoms with Gasteiger partial charge in [-0.2, -0.15) is 0 Å². The maximum absolute atomic E-state index is 14.6. The average molecular weight is 336 g/mol. The smallest absolute Gasteiger partial charge is 0.163 e. The Morgan fingerprint density at radius 1 is 1.42 bits per heavy atom. The first-order valence-electron chi connectivity index (χ1n) is 8.14. The molecule has 5 nitrogen and oxygen atoms in total. The summed E-state index contributed by atoms with van der Waals surface area (Å²) in [6, 6.07) is 4.51. The molecule has 0 saturated carbocycles. The summed E-state index contributed by atoms with van der Waals surface area (Å²) in [6.45, 7) is 7.81. The van der Waals surface area contributed by atoms with Gasteiger partial charge < -0.3 is 25.3 Å². The van der Waals surface area contributed by atoms with Crippen LogP contribution in [-0.2, 0) is 14.9 Å². The Morgan fingerprint density at radius 3 is 2.71 bits per heavy atom. The fraction of sp³-hybridized carbons (Fsp3) is 0.556. The second-order valence-corrected chi connectivity index (χ2v) is 7.58. The van der Waals surface area contributed by atoms with E-state index in [1.54, 1.807) is 6.07 Å². The van der Waals surface area contributed by atoms with Gasteiger partial charge in [0.25, 0.3) is 0 Å². The van der Waals surface area contributed by atoms with Crippen molar-refractivity contribution < 1.29 is 19.0 Å². The van der Waals surface area contributed by atoms with Crippen molar-refractivity contribution in [3.05, 3.63) is 35.3 Å². The van der Waals surface area contributed by atoms with Crippen LogP contribution in [0.4, 0.5) is 4.39 Å². The lowest BCUT2D eigenvalue weighted by Crippen LogP contribution is -2.31. The number of aliphatic hydroxyl groups excluding tert-OH is 1. The number of nitrogens with two attached hydrogens (primary N) is 1. The minimum Gasteiger partial charge on any atom is -0.395 e. The zero-order valence-corrected chi connectivity index (χ0v) is 14.5. The van der Waals surface area contributed by atoms with Gasteiger partial charge in [0, 0.05) is 27.6 Å². The summed E-state index contributed by atoms with van der Waals surface area (Å²) < 4.78 is 25.8. The first kappa shape index (κ1) is 17.4. The predicted octanol–water partition coefficient (Wildman–Crippen LogP) is 2.73. The number of halogens is 1. The molecule has 0 spiro atoms. The Morgan fingerprint density at radius 2 is 2.12 bits per heavy atom. The summed E-state index contributed by atoms with van der Waals surface area (Å²) in [4.78, 5) is 3.18. The molecule has 6 heteroatoms. The van der Waals surface area contributed by atoms with Gasteiger partial charge >= 0.3 is 0 Å². The molecule has 2 aromatic rings. The molecule has 1 aromatic heterocycles. The van der Waals surface area contributed by atoms with E-state index in [0.29, 0.717) is 17.7 Å². The highest BCUT2D eigenvalue weighted by Gasteiger charge is 2.37. The van der Waals surface area contributed by atoms with Crippen LogP contribution in [0.3, 0.4) is 0 Å². The van der Waals surface area contributed by atoms with E-state index in [4.69, 9.17) is 15.2 Å². The number of aromatic amines is 1. The molecule has 1 aliphatic rings. The fourth-order valence-corrected chi connectivity index (χ4v) is 2.97. The molecule has 4 N–H and O–H groups in total. The highest BCUT2D eigenvalue weighted by atomic mass is 19.1. The quantitative estimate of drug-likeness (QED) is 0.802. The van der Waals surface area contributed by atoms with Gasteiger partial charge in [-0.05, 0) is 32.0 Å². The molecule has 1 aliphatic heterocycles. The lowest BCUT2D eigenvalue weighted by Gasteiger charge is -2.21. The second kappa shape index (κ2) is 5.81. The normalized spacial score (nSPS) is 22.2. The molecular formula is C18H25FN2O3. The summed E-state index contributed by atoms with van der Waals surface area (Å²) in [5.41, 5.74) is 7.75. The van der Waals surface area contributed by atoms with Gasteiger partial charge in [0.05, 0.1) is 19.3 Å². The van der Waals surface area contributed by atoms with Crippen LogP contribution in [0.5, 0.6) is 0 Å². The lowest BCUT2D eigenvalue weighted by molar-refractivity contribution is -0.140. The fourth-order valence-electron chi connectivity index (χ4n) is 2.97. The minimum absolute atomic E-state index is 0.00297. The maximum Gasteiger partial charge on any atom is 0.163 e. The molecule has 132 valence electrons. The Balaban J connectivity index is 1.96. The number of H-pyrrole nitrogens is 1. The van der Waals surface area contributed by atoms with Gasteiger partial charge in [-0.1, -0.05) is 13.8 Å². The Labute approximate surface area is 140 Å². The third-order valence-electron chi connectivity index (χ3n) is 4.65. The molecule has 1 aromatic carbocycles. The minimum atomic E-state index is -0.699. The van der Waals surface area contributed by atoms with Gasteiger partial charge in [0.1, 0.15) is 11.9 Å². The molecule has 0 aliphatic carbocycles. The van der Waals surface area contributed by atoms with Crippen molar-refractivity contribution in [2.75, 3.05) is 13.2 Å². The zero-order valence-electron chi connectivity index (χ0n) is 14.5. The van der Waals surface area contributed by atoms with Gasteiger partial charge in [-0.15, -0.1) is 0 Å². The van der Waals surface area contributed by atoms with Crippen molar-refractivity contribution in [1.29, 1.82) is 0 Å². The van der Waals surface area contributed by atoms with Gasteiger partial charge in [-0.3, -0.25) is 0 Å². The molecule has 2 atom stereocenters. The van der Waals surface area contributed by atoms with E-state index < -0.39 is 17.2 Å². The standard InChI is InChI=1S/C18H25FN2O3/c1-17(2,9-22)15-6-10-5-11(12(19)7-13(10)21-15)16(20)14-8-23-18(3,4)24-14/h5-7,14,16,21-22H,8-9,20H2,1-4H3/t14-,16-/m1/s1. The summed E-state index contributed by atoms with van der Waals surface area (Å²) in [7, 11) is 0. The number of ether oxygens (including phenoxy) is 2. The zero-order chi connectivity index (χ0) is 17.7. The van der Waals surface area contributed by atoms with E-state index in [2.05, 4.69) is 4.98 Å². The van der Waals surface area contributed by atoms with Crippen LogP contribution in [0.2, 0.25) is 0 Å². The Hall–Kier alpha value is -1.47. The number of hydrogen-bond acceptors (Lipinski definition) is 4. The SMILES string of the molecule is CC1(C)OC[C@H]([C@H](N)c2cc3cc(C(C)(C)CO)[nH]c3cc2F)O1. The van der Waals surface area contributed by atoms with Crippen molar-refractivity contribution in [2.45, 2.75) is 51.0 Å². The predicted molar refractivity (Wildman–Crippen MR) is 90.2 cm³/mol. The van der Waals surface area contributed by atoms with Crippen molar-refractivity contribution in [1.82, 2.24) is 4.98 Å². The first-order chi connectivity index (χ1) is 11.1. The van der Waals surface area contributed by atoms with E-state index in [9.17, 15) is 9.50 Å². The van der Waals surface area contributed by atoms with Crippen LogP contribution in [0.1, 0.15) is 45.0 Å². The molecule has 24 heavy (non-hydrogen) atoms. The topological polar surface area (TPSA) is 80.5 Å². The van der Waals surface area contributed by atoms with Crippen LogP contribution in [-0.4, -0.2) is 35.2 Å².